The lowest BCUT2D eigenvalue weighted by Crippen LogP contribution is -2.40. The first-order valence-corrected chi connectivity index (χ1v) is 8.20. The summed E-state index contributed by atoms with van der Waals surface area (Å²) in [5.41, 5.74) is -0.139. The number of aromatic nitrogens is 2. The SMILES string of the molecule is CN(Cc1cc(=O)n(C)c(=O)n1C)[C@H]1CCS(=O)(=O)C1. The van der Waals surface area contributed by atoms with E-state index in [4.69, 9.17) is 0 Å². The third kappa shape index (κ3) is 2.85. The minimum atomic E-state index is -2.94. The fourth-order valence-corrected chi connectivity index (χ4v) is 4.24. The van der Waals surface area contributed by atoms with Gasteiger partial charge in [0.2, 0.25) is 0 Å². The summed E-state index contributed by atoms with van der Waals surface area (Å²) in [6.07, 6.45) is 0.595. The van der Waals surface area contributed by atoms with E-state index in [0.29, 0.717) is 18.7 Å². The number of sulfone groups is 1. The molecule has 1 aliphatic rings. The number of hydrogen-bond donors (Lipinski definition) is 0. The Morgan fingerprint density at radius 1 is 1.30 bits per heavy atom. The molecule has 0 amide bonds. The molecule has 0 spiro atoms. The van der Waals surface area contributed by atoms with Crippen LogP contribution in [-0.2, 0) is 30.5 Å². The summed E-state index contributed by atoms with van der Waals surface area (Å²) in [6, 6.07) is 1.36. The van der Waals surface area contributed by atoms with E-state index in [0.717, 1.165) is 4.57 Å². The largest absolute Gasteiger partial charge is 0.330 e. The van der Waals surface area contributed by atoms with Crippen LogP contribution in [0.2, 0.25) is 0 Å². The first-order chi connectivity index (χ1) is 9.21. The van der Waals surface area contributed by atoms with Crippen LogP contribution in [0, 0.1) is 0 Å². The Bertz CT molecular complexity index is 732. The minimum Gasteiger partial charge on any atom is -0.299 e. The highest BCUT2D eigenvalue weighted by molar-refractivity contribution is 7.91. The average molecular weight is 301 g/mol. The van der Waals surface area contributed by atoms with Gasteiger partial charge in [-0.05, 0) is 13.5 Å². The molecule has 20 heavy (non-hydrogen) atoms. The summed E-state index contributed by atoms with van der Waals surface area (Å²) in [7, 11) is 1.91. The van der Waals surface area contributed by atoms with Crippen molar-refractivity contribution in [2.24, 2.45) is 14.1 Å². The second-order valence-electron chi connectivity index (χ2n) is 5.35. The Kier molecular flexibility index (Phi) is 3.88. The van der Waals surface area contributed by atoms with Crippen molar-refractivity contribution in [3.05, 3.63) is 32.6 Å². The van der Waals surface area contributed by atoms with Crippen molar-refractivity contribution in [3.8, 4) is 0 Å². The van der Waals surface area contributed by atoms with E-state index in [2.05, 4.69) is 0 Å². The number of hydrogen-bond acceptors (Lipinski definition) is 5. The maximum absolute atomic E-state index is 11.8. The molecule has 0 N–H and O–H groups in total. The van der Waals surface area contributed by atoms with Crippen LogP contribution in [0.5, 0.6) is 0 Å². The molecular formula is C12H19N3O4S. The van der Waals surface area contributed by atoms with Crippen LogP contribution in [0.25, 0.3) is 0 Å². The second kappa shape index (κ2) is 5.17. The zero-order chi connectivity index (χ0) is 15.1. The molecule has 2 rings (SSSR count). The third-order valence-electron chi connectivity index (χ3n) is 3.87. The van der Waals surface area contributed by atoms with Crippen LogP contribution >= 0.6 is 0 Å². The minimum absolute atomic E-state index is 0.0563. The van der Waals surface area contributed by atoms with Gasteiger partial charge in [-0.3, -0.25) is 18.8 Å². The summed E-state index contributed by atoms with van der Waals surface area (Å²) in [5.74, 6) is 0.347. The van der Waals surface area contributed by atoms with Crippen molar-refractivity contribution >= 4 is 9.84 Å². The van der Waals surface area contributed by atoms with Gasteiger partial charge in [0.15, 0.2) is 9.84 Å². The normalized spacial score (nSPS) is 21.5. The predicted molar refractivity (Wildman–Crippen MR) is 75.4 cm³/mol. The second-order valence-corrected chi connectivity index (χ2v) is 7.58. The zero-order valence-electron chi connectivity index (χ0n) is 11.9. The summed E-state index contributed by atoms with van der Waals surface area (Å²) < 4.78 is 25.4. The maximum atomic E-state index is 11.8. The van der Waals surface area contributed by atoms with Gasteiger partial charge >= 0.3 is 5.69 Å². The lowest BCUT2D eigenvalue weighted by Gasteiger charge is -2.24. The number of nitrogens with zero attached hydrogens (tertiary/aromatic N) is 3. The van der Waals surface area contributed by atoms with E-state index >= 15 is 0 Å². The topological polar surface area (TPSA) is 81.4 Å². The van der Waals surface area contributed by atoms with Gasteiger partial charge in [-0.2, -0.15) is 0 Å². The van der Waals surface area contributed by atoms with Gasteiger partial charge in [-0.1, -0.05) is 0 Å². The Balaban J connectivity index is 2.23. The molecule has 1 aliphatic heterocycles. The molecule has 0 bridgehead atoms. The predicted octanol–water partition coefficient (Wildman–Crippen LogP) is -1.30. The van der Waals surface area contributed by atoms with Gasteiger partial charge in [0.1, 0.15) is 0 Å². The van der Waals surface area contributed by atoms with Crippen LogP contribution in [0.1, 0.15) is 12.1 Å². The Labute approximate surface area is 117 Å². The third-order valence-corrected chi connectivity index (χ3v) is 5.62. The maximum Gasteiger partial charge on any atom is 0.330 e. The van der Waals surface area contributed by atoms with Crippen molar-refractivity contribution in [1.29, 1.82) is 0 Å². The summed E-state index contributed by atoms with van der Waals surface area (Å²) in [5, 5.41) is 0. The van der Waals surface area contributed by atoms with Crippen molar-refractivity contribution in [3.63, 3.8) is 0 Å². The van der Waals surface area contributed by atoms with Crippen LogP contribution < -0.4 is 11.2 Å². The highest BCUT2D eigenvalue weighted by atomic mass is 32.2. The molecule has 2 heterocycles. The van der Waals surface area contributed by atoms with E-state index in [1.165, 1.54) is 17.7 Å². The molecular weight excluding hydrogens is 282 g/mol. The molecule has 0 aliphatic carbocycles. The lowest BCUT2D eigenvalue weighted by molar-refractivity contribution is 0.247. The van der Waals surface area contributed by atoms with Gasteiger partial charge in [0, 0.05) is 38.4 Å². The van der Waals surface area contributed by atoms with Gasteiger partial charge < -0.3 is 0 Å². The van der Waals surface area contributed by atoms with Gasteiger partial charge in [-0.25, -0.2) is 13.2 Å². The quantitative estimate of drug-likeness (QED) is 0.693. The smallest absolute Gasteiger partial charge is 0.299 e. The van der Waals surface area contributed by atoms with Gasteiger partial charge in [0.05, 0.1) is 11.5 Å². The van der Waals surface area contributed by atoms with Crippen molar-refractivity contribution in [1.82, 2.24) is 14.0 Å². The molecule has 1 aromatic heterocycles. The molecule has 0 saturated carbocycles. The molecule has 7 nitrogen and oxygen atoms in total. The van der Waals surface area contributed by atoms with Crippen LogP contribution in [-0.4, -0.2) is 47.0 Å². The van der Waals surface area contributed by atoms with E-state index in [1.807, 2.05) is 11.9 Å². The molecule has 1 saturated heterocycles. The van der Waals surface area contributed by atoms with E-state index < -0.39 is 9.84 Å². The lowest BCUT2D eigenvalue weighted by atomic mass is 10.2. The molecule has 8 heteroatoms. The first kappa shape index (κ1) is 15.0. The van der Waals surface area contributed by atoms with Crippen molar-refractivity contribution in [2.75, 3.05) is 18.6 Å². The summed E-state index contributed by atoms with van der Waals surface area (Å²) in [6.45, 7) is 0.377. The zero-order valence-corrected chi connectivity index (χ0v) is 12.7. The molecule has 1 aromatic rings. The monoisotopic (exact) mass is 301 g/mol. The number of rotatable bonds is 3. The summed E-state index contributed by atoms with van der Waals surface area (Å²) in [4.78, 5) is 25.4. The molecule has 0 unspecified atom stereocenters. The highest BCUT2D eigenvalue weighted by Gasteiger charge is 2.30. The molecule has 112 valence electrons. The van der Waals surface area contributed by atoms with E-state index in [-0.39, 0.29) is 28.8 Å². The molecule has 1 atom stereocenters. The Hall–Kier alpha value is -1.41. The van der Waals surface area contributed by atoms with Gasteiger partial charge in [-0.15, -0.1) is 0 Å². The average Bonchev–Trinajstić information content (AvgIpc) is 2.74. The fourth-order valence-electron chi connectivity index (χ4n) is 2.44. The summed E-state index contributed by atoms with van der Waals surface area (Å²) >= 11 is 0. The highest BCUT2D eigenvalue weighted by Crippen LogP contribution is 2.17. The van der Waals surface area contributed by atoms with Crippen molar-refractivity contribution < 1.29 is 8.42 Å². The first-order valence-electron chi connectivity index (χ1n) is 6.38. The Morgan fingerprint density at radius 3 is 2.50 bits per heavy atom. The van der Waals surface area contributed by atoms with Crippen LogP contribution in [0.4, 0.5) is 0 Å². The van der Waals surface area contributed by atoms with Crippen LogP contribution in [0.3, 0.4) is 0 Å². The van der Waals surface area contributed by atoms with Crippen LogP contribution in [0.15, 0.2) is 15.7 Å². The standard InChI is InChI=1S/C12H19N3O4S/c1-13(9-4-5-20(18,19)8-9)7-10-6-11(16)15(3)12(17)14(10)2/h6,9H,4-5,7-8H2,1-3H3/t9-/m0/s1. The fraction of sp³-hybridized carbons (Fsp3) is 0.667. The molecule has 1 fully saturated rings. The van der Waals surface area contributed by atoms with E-state index in [1.54, 1.807) is 7.05 Å². The molecule has 0 aromatic carbocycles. The van der Waals surface area contributed by atoms with E-state index in [9.17, 15) is 18.0 Å². The molecule has 0 radical (unpaired) electrons. The van der Waals surface area contributed by atoms with Crippen molar-refractivity contribution in [2.45, 2.75) is 19.0 Å². The van der Waals surface area contributed by atoms with Gasteiger partial charge in [0.25, 0.3) is 5.56 Å². The Morgan fingerprint density at radius 2 is 1.95 bits per heavy atom.